The van der Waals surface area contributed by atoms with Gasteiger partial charge in [0.15, 0.2) is 0 Å². The van der Waals surface area contributed by atoms with Crippen LogP contribution in [0.4, 0.5) is 4.79 Å². The standard InChI is InChI=1S/C38H49N3O8/c1-8-22-41(34(45)29(40-36(47)49-38(5,6)7)23-26-18-20-27(42)21-19-26)32(28-16-12-13-17-31(28)43)33(44)39-30(35(46)48-37(2,3)4)24-25-14-10-9-11-15-25/h9-21,29-30,32,42-43H,8,22-24H2,1-7H3,(H,39,44)(H,40,47). The molecule has 4 N–H and O–H groups in total. The number of rotatable bonds is 13. The Bertz CT molecular complexity index is 1560. The Balaban J connectivity index is 2.09. The molecule has 3 rings (SSSR count). The van der Waals surface area contributed by atoms with Gasteiger partial charge in [0, 0.05) is 24.9 Å². The number of phenols is 2. The number of nitrogens with zero attached hydrogens (tertiary/aromatic N) is 1. The van der Waals surface area contributed by atoms with Crippen molar-refractivity contribution < 1.29 is 38.9 Å². The van der Waals surface area contributed by atoms with E-state index in [9.17, 15) is 29.4 Å². The summed E-state index contributed by atoms with van der Waals surface area (Å²) in [4.78, 5) is 56.8. The maximum Gasteiger partial charge on any atom is 0.408 e. The Morgan fingerprint density at radius 3 is 1.84 bits per heavy atom. The van der Waals surface area contributed by atoms with E-state index in [0.29, 0.717) is 12.0 Å². The molecule has 0 fully saturated rings. The normalized spacial score (nSPS) is 13.4. The summed E-state index contributed by atoms with van der Waals surface area (Å²) in [5.41, 5.74) is -0.167. The third kappa shape index (κ3) is 12.2. The summed E-state index contributed by atoms with van der Waals surface area (Å²) in [6.07, 6.45) is -0.304. The molecule has 11 heteroatoms. The minimum atomic E-state index is -1.41. The molecule has 0 aromatic heterocycles. The summed E-state index contributed by atoms with van der Waals surface area (Å²) in [6, 6.07) is 17.7. The summed E-state index contributed by atoms with van der Waals surface area (Å²) >= 11 is 0. The first kappa shape index (κ1) is 38.4. The molecule has 0 radical (unpaired) electrons. The summed E-state index contributed by atoms with van der Waals surface area (Å²) in [5.74, 6) is -2.21. The number of carbonyl (C=O) groups is 4. The molecule has 0 aliphatic carbocycles. The molecular formula is C38H49N3O8. The van der Waals surface area contributed by atoms with Crippen LogP contribution in [0.1, 0.15) is 77.6 Å². The van der Waals surface area contributed by atoms with Gasteiger partial charge in [-0.25, -0.2) is 9.59 Å². The highest BCUT2D eigenvalue weighted by molar-refractivity contribution is 5.94. The number of hydrogen-bond donors (Lipinski definition) is 4. The van der Waals surface area contributed by atoms with Crippen LogP contribution in [0.15, 0.2) is 78.9 Å². The summed E-state index contributed by atoms with van der Waals surface area (Å²) < 4.78 is 11.1. The molecule has 0 saturated heterocycles. The molecule has 0 aliphatic rings. The molecule has 3 unspecified atom stereocenters. The van der Waals surface area contributed by atoms with Gasteiger partial charge in [-0.15, -0.1) is 0 Å². The van der Waals surface area contributed by atoms with Gasteiger partial charge in [0.1, 0.15) is 40.8 Å². The van der Waals surface area contributed by atoms with Crippen molar-refractivity contribution >= 4 is 23.9 Å². The molecule has 11 nitrogen and oxygen atoms in total. The number of phenolic OH excluding ortho intramolecular Hbond substituents is 2. The number of carbonyl (C=O) groups excluding carboxylic acids is 4. The highest BCUT2D eigenvalue weighted by Gasteiger charge is 2.39. The van der Waals surface area contributed by atoms with Crippen LogP contribution in [-0.2, 0) is 36.7 Å². The third-order valence-electron chi connectivity index (χ3n) is 7.19. The van der Waals surface area contributed by atoms with E-state index in [0.717, 1.165) is 5.56 Å². The number of alkyl carbamates (subject to hydrolysis) is 1. The zero-order valence-corrected chi connectivity index (χ0v) is 29.4. The van der Waals surface area contributed by atoms with E-state index in [1.54, 1.807) is 65.8 Å². The SMILES string of the molecule is CCCN(C(=O)C(Cc1ccc(O)cc1)NC(=O)OC(C)(C)C)C(C(=O)NC(Cc1ccccc1)C(=O)OC(C)(C)C)c1ccccc1O. The Labute approximate surface area is 288 Å². The van der Waals surface area contributed by atoms with Crippen molar-refractivity contribution in [3.8, 4) is 11.5 Å². The van der Waals surface area contributed by atoms with Crippen molar-refractivity contribution in [3.05, 3.63) is 95.6 Å². The van der Waals surface area contributed by atoms with E-state index in [2.05, 4.69) is 10.6 Å². The first-order valence-corrected chi connectivity index (χ1v) is 16.4. The molecule has 0 bridgehead atoms. The van der Waals surface area contributed by atoms with Gasteiger partial charge in [-0.05, 0) is 77.3 Å². The second-order valence-corrected chi connectivity index (χ2v) is 13.8. The fraction of sp³-hybridized carbons (Fsp3) is 0.421. The number of aromatic hydroxyl groups is 2. The number of benzene rings is 3. The van der Waals surface area contributed by atoms with Crippen LogP contribution in [-0.4, -0.2) is 68.8 Å². The quantitative estimate of drug-likeness (QED) is 0.171. The van der Waals surface area contributed by atoms with Gasteiger partial charge in [0.25, 0.3) is 0 Å². The second-order valence-electron chi connectivity index (χ2n) is 13.8. The summed E-state index contributed by atoms with van der Waals surface area (Å²) in [5, 5.41) is 26.3. The van der Waals surface area contributed by atoms with Crippen LogP contribution < -0.4 is 10.6 Å². The smallest absolute Gasteiger partial charge is 0.408 e. The number of amides is 3. The monoisotopic (exact) mass is 675 g/mol. The van der Waals surface area contributed by atoms with E-state index in [1.165, 1.54) is 29.2 Å². The second kappa shape index (κ2) is 16.9. The molecule has 0 spiro atoms. The molecule has 0 heterocycles. The van der Waals surface area contributed by atoms with Crippen molar-refractivity contribution in [2.75, 3.05) is 6.54 Å². The van der Waals surface area contributed by atoms with Gasteiger partial charge in [-0.3, -0.25) is 9.59 Å². The van der Waals surface area contributed by atoms with Crippen LogP contribution in [0.3, 0.4) is 0 Å². The Morgan fingerprint density at radius 1 is 0.714 bits per heavy atom. The number of esters is 1. The minimum absolute atomic E-state index is 0.00220. The Morgan fingerprint density at radius 2 is 1.27 bits per heavy atom. The lowest BCUT2D eigenvalue weighted by Crippen LogP contribution is -2.55. The van der Waals surface area contributed by atoms with Gasteiger partial charge in [0.2, 0.25) is 11.8 Å². The maximum atomic E-state index is 14.6. The lowest BCUT2D eigenvalue weighted by molar-refractivity contribution is -0.159. The predicted molar refractivity (Wildman–Crippen MR) is 186 cm³/mol. The van der Waals surface area contributed by atoms with Crippen molar-refractivity contribution in [2.45, 2.75) is 97.1 Å². The lowest BCUT2D eigenvalue weighted by Gasteiger charge is -2.35. The number of nitrogens with one attached hydrogen (secondary N) is 2. The summed E-state index contributed by atoms with van der Waals surface area (Å²) in [6.45, 7) is 12.2. The lowest BCUT2D eigenvalue weighted by atomic mass is 9.98. The largest absolute Gasteiger partial charge is 0.508 e. The van der Waals surface area contributed by atoms with Gasteiger partial charge < -0.3 is 35.2 Å². The Kier molecular flexibility index (Phi) is 13.2. The van der Waals surface area contributed by atoms with Gasteiger partial charge in [-0.2, -0.15) is 0 Å². The zero-order valence-electron chi connectivity index (χ0n) is 29.4. The van der Waals surface area contributed by atoms with Crippen LogP contribution >= 0.6 is 0 Å². The van der Waals surface area contributed by atoms with E-state index < -0.39 is 53.2 Å². The molecule has 49 heavy (non-hydrogen) atoms. The first-order chi connectivity index (χ1) is 23.0. The van der Waals surface area contributed by atoms with Gasteiger partial charge in [-0.1, -0.05) is 67.6 Å². The fourth-order valence-electron chi connectivity index (χ4n) is 5.16. The molecule has 3 aromatic rings. The third-order valence-corrected chi connectivity index (χ3v) is 7.19. The van der Waals surface area contributed by atoms with Crippen molar-refractivity contribution in [1.82, 2.24) is 15.5 Å². The van der Waals surface area contributed by atoms with E-state index in [4.69, 9.17) is 9.47 Å². The molecule has 0 aliphatic heterocycles. The average molecular weight is 676 g/mol. The molecule has 3 amide bonds. The number of ether oxygens (including phenoxy) is 2. The van der Waals surface area contributed by atoms with Crippen LogP contribution in [0.2, 0.25) is 0 Å². The van der Waals surface area contributed by atoms with Crippen LogP contribution in [0, 0.1) is 0 Å². The molecule has 264 valence electrons. The maximum absolute atomic E-state index is 14.6. The number of para-hydroxylation sites is 1. The van der Waals surface area contributed by atoms with Crippen LogP contribution in [0.25, 0.3) is 0 Å². The van der Waals surface area contributed by atoms with E-state index >= 15 is 0 Å². The van der Waals surface area contributed by atoms with E-state index in [1.807, 2.05) is 37.3 Å². The van der Waals surface area contributed by atoms with Gasteiger partial charge in [0.05, 0.1) is 0 Å². The van der Waals surface area contributed by atoms with Crippen LogP contribution in [0.5, 0.6) is 11.5 Å². The molecular weight excluding hydrogens is 626 g/mol. The molecule has 0 saturated carbocycles. The molecule has 3 atom stereocenters. The highest BCUT2D eigenvalue weighted by Crippen LogP contribution is 2.31. The van der Waals surface area contributed by atoms with Crippen molar-refractivity contribution in [2.24, 2.45) is 0 Å². The van der Waals surface area contributed by atoms with Crippen molar-refractivity contribution in [1.29, 1.82) is 0 Å². The highest BCUT2D eigenvalue weighted by atomic mass is 16.6. The first-order valence-electron chi connectivity index (χ1n) is 16.4. The summed E-state index contributed by atoms with van der Waals surface area (Å²) in [7, 11) is 0. The zero-order chi connectivity index (χ0) is 36.4. The topological polar surface area (TPSA) is 154 Å². The van der Waals surface area contributed by atoms with Crippen molar-refractivity contribution in [3.63, 3.8) is 0 Å². The Hall–Kier alpha value is -5.06. The molecule has 3 aromatic carbocycles. The average Bonchev–Trinajstić information content (AvgIpc) is 3.00. The van der Waals surface area contributed by atoms with Gasteiger partial charge >= 0.3 is 12.1 Å². The minimum Gasteiger partial charge on any atom is -0.508 e. The van der Waals surface area contributed by atoms with E-state index in [-0.39, 0.29) is 36.4 Å². The predicted octanol–water partition coefficient (Wildman–Crippen LogP) is 5.58. The fourth-order valence-corrected chi connectivity index (χ4v) is 5.16. The number of hydrogen-bond acceptors (Lipinski definition) is 8.